The minimum absolute atomic E-state index is 0.0751. The number of thiol groups is 1. The Morgan fingerprint density at radius 3 is 2.13 bits per heavy atom. The van der Waals surface area contributed by atoms with Gasteiger partial charge in [0.05, 0.1) is 16.8 Å². The van der Waals surface area contributed by atoms with Crippen LogP contribution < -0.4 is 10.2 Å². The van der Waals surface area contributed by atoms with E-state index >= 15 is 0 Å². The third kappa shape index (κ3) is 5.26. The van der Waals surface area contributed by atoms with Gasteiger partial charge < -0.3 is 10.2 Å². The molecule has 1 N–H and O–H groups in total. The Hall–Kier alpha value is -3.81. The van der Waals surface area contributed by atoms with Gasteiger partial charge in [0.25, 0.3) is 5.91 Å². The van der Waals surface area contributed by atoms with Crippen LogP contribution in [0.2, 0.25) is 0 Å². The molecule has 7 nitrogen and oxygen atoms in total. The van der Waals surface area contributed by atoms with E-state index in [1.54, 1.807) is 6.07 Å². The van der Waals surface area contributed by atoms with E-state index in [1.807, 2.05) is 0 Å². The number of benzene rings is 1. The van der Waals surface area contributed by atoms with Crippen molar-refractivity contribution < 1.29 is 35.9 Å². The Morgan fingerprint density at radius 2 is 1.55 bits per heavy atom. The first kappa shape index (κ1) is 27.2. The summed E-state index contributed by atoms with van der Waals surface area (Å²) in [5.41, 5.74) is -2.81. The largest absolute Gasteiger partial charge is 0.417 e. The zero-order valence-electron chi connectivity index (χ0n) is 19.7. The summed E-state index contributed by atoms with van der Waals surface area (Å²) in [5.74, 6) is -0.327. The number of pyridine rings is 2. The summed E-state index contributed by atoms with van der Waals surface area (Å²) in [5, 5.41) is 2.78. The molecule has 3 amide bonds. The molecule has 2 aromatic heterocycles. The molecule has 1 aromatic carbocycles. The Kier molecular flexibility index (Phi) is 6.80. The quantitative estimate of drug-likeness (QED) is 0.220. The molecule has 0 spiro atoms. The minimum Gasteiger partial charge on any atom is -0.325 e. The third-order valence-corrected chi connectivity index (χ3v) is 6.24. The van der Waals surface area contributed by atoms with Gasteiger partial charge in [-0.05, 0) is 61.9 Å². The van der Waals surface area contributed by atoms with Crippen molar-refractivity contribution in [2.75, 3.05) is 10.2 Å². The number of rotatable bonds is 5. The Bertz CT molecular complexity index is 1390. The van der Waals surface area contributed by atoms with Crippen molar-refractivity contribution in [2.45, 2.75) is 43.2 Å². The number of aromatic nitrogens is 2. The van der Waals surface area contributed by atoms with Gasteiger partial charge in [-0.1, -0.05) is 0 Å². The van der Waals surface area contributed by atoms with Gasteiger partial charge in [-0.3, -0.25) is 4.79 Å². The van der Waals surface area contributed by atoms with Crippen molar-refractivity contribution in [3.05, 3.63) is 71.5 Å². The van der Waals surface area contributed by atoms with Gasteiger partial charge in [0, 0.05) is 23.8 Å². The number of nitrogens with one attached hydrogen (secondary N) is 1. The van der Waals surface area contributed by atoms with Gasteiger partial charge in [-0.25, -0.2) is 19.7 Å². The molecular formula is C24H19F6N5O2S. The van der Waals surface area contributed by atoms with Gasteiger partial charge in [-0.15, -0.1) is 12.6 Å². The molecule has 3 heterocycles. The lowest BCUT2D eigenvalue weighted by Gasteiger charge is -2.27. The average Bonchev–Trinajstić information content (AvgIpc) is 2.98. The average molecular weight is 556 g/mol. The van der Waals surface area contributed by atoms with Crippen LogP contribution in [0, 0.1) is 0 Å². The van der Waals surface area contributed by atoms with Crippen molar-refractivity contribution >= 4 is 41.9 Å². The molecule has 1 aliphatic heterocycles. The third-order valence-electron chi connectivity index (χ3n) is 5.88. The highest BCUT2D eigenvalue weighted by atomic mass is 32.1. The summed E-state index contributed by atoms with van der Waals surface area (Å²) in [4.78, 5) is 36.1. The predicted molar refractivity (Wildman–Crippen MR) is 128 cm³/mol. The molecule has 0 atom stereocenters. The molecular weight excluding hydrogens is 536 g/mol. The number of carbonyl (C=O) groups excluding carboxylic acids is 2. The number of alkyl halides is 6. The van der Waals surface area contributed by atoms with E-state index in [2.05, 4.69) is 27.9 Å². The number of amides is 3. The maximum Gasteiger partial charge on any atom is 0.417 e. The van der Waals surface area contributed by atoms with Crippen LogP contribution >= 0.6 is 12.6 Å². The van der Waals surface area contributed by atoms with E-state index in [4.69, 9.17) is 0 Å². The Morgan fingerprint density at radius 1 is 0.895 bits per heavy atom. The number of imide groups is 1. The molecule has 0 unspecified atom stereocenters. The second kappa shape index (κ2) is 9.49. The number of hydrogen-bond donors (Lipinski definition) is 2. The molecule has 0 bridgehead atoms. The van der Waals surface area contributed by atoms with Crippen LogP contribution in [-0.4, -0.2) is 32.3 Å². The van der Waals surface area contributed by atoms with Gasteiger partial charge in [0.1, 0.15) is 17.2 Å². The normalized spacial score (nSPS) is 15.8. The monoisotopic (exact) mass is 555 g/mol. The maximum absolute atomic E-state index is 13.3. The van der Waals surface area contributed by atoms with E-state index in [-0.39, 0.29) is 28.8 Å². The van der Waals surface area contributed by atoms with Crippen molar-refractivity contribution in [3.63, 3.8) is 0 Å². The van der Waals surface area contributed by atoms with E-state index in [0.29, 0.717) is 11.8 Å². The predicted octanol–water partition coefficient (Wildman–Crippen LogP) is 6.29. The molecule has 0 aliphatic carbocycles. The molecule has 0 radical (unpaired) electrons. The lowest BCUT2D eigenvalue weighted by atomic mass is 10.0. The fourth-order valence-corrected chi connectivity index (χ4v) is 4.11. The molecule has 4 rings (SSSR count). The van der Waals surface area contributed by atoms with Gasteiger partial charge in [-0.2, -0.15) is 26.3 Å². The minimum atomic E-state index is -4.62. The molecule has 38 heavy (non-hydrogen) atoms. The summed E-state index contributed by atoms with van der Waals surface area (Å²) in [6, 6.07) is 6.87. The second-order valence-electron chi connectivity index (χ2n) is 8.87. The molecule has 14 heteroatoms. The van der Waals surface area contributed by atoms with Crippen molar-refractivity contribution in [3.8, 4) is 0 Å². The van der Waals surface area contributed by atoms with Gasteiger partial charge in [0.2, 0.25) is 0 Å². The van der Waals surface area contributed by atoms with Crippen LogP contribution in [0.15, 0.2) is 59.8 Å². The number of nitrogens with zero attached hydrogens (tertiary/aromatic N) is 4. The van der Waals surface area contributed by atoms with E-state index in [9.17, 15) is 35.9 Å². The van der Waals surface area contributed by atoms with Gasteiger partial charge in [0.15, 0.2) is 0 Å². The number of hydrogen-bond acceptors (Lipinski definition) is 6. The first-order valence-electron chi connectivity index (χ1n) is 10.9. The van der Waals surface area contributed by atoms with Crippen LogP contribution in [0.1, 0.15) is 30.5 Å². The van der Waals surface area contributed by atoms with Crippen molar-refractivity contribution in [1.29, 1.82) is 0 Å². The standard InChI is InChI=1S/C24H19F6N5O2S/c1-22(2)20(36)35(16-5-3-14(10-17(16)38)23(25,26)27)21(37)34(22)12-13-7-8-31-19(9-13)33-18-6-4-15(11-32-18)24(28,29)30/h3-11,38H,12H2,1-2H3,(H,31,32,33). The highest BCUT2D eigenvalue weighted by molar-refractivity contribution is 7.80. The number of halogens is 6. The van der Waals surface area contributed by atoms with Crippen LogP contribution in [0.25, 0.3) is 0 Å². The molecule has 3 aromatic rings. The van der Waals surface area contributed by atoms with Crippen LogP contribution in [-0.2, 0) is 23.7 Å². The molecule has 0 saturated carbocycles. The summed E-state index contributed by atoms with van der Waals surface area (Å²) in [7, 11) is 0. The Balaban J connectivity index is 1.56. The van der Waals surface area contributed by atoms with E-state index in [0.717, 1.165) is 35.2 Å². The topological polar surface area (TPSA) is 78.4 Å². The van der Waals surface area contributed by atoms with Gasteiger partial charge >= 0.3 is 18.4 Å². The fourth-order valence-electron chi connectivity index (χ4n) is 3.79. The first-order valence-corrected chi connectivity index (χ1v) is 11.4. The zero-order valence-corrected chi connectivity index (χ0v) is 20.6. The van der Waals surface area contributed by atoms with Crippen molar-refractivity contribution in [1.82, 2.24) is 14.9 Å². The SMILES string of the molecule is CC1(C)C(=O)N(c2ccc(C(F)(F)F)cc2S)C(=O)N1Cc1ccnc(Nc2ccc(C(F)(F)F)cn2)c1. The molecule has 1 aliphatic rings. The number of urea groups is 1. The lowest BCUT2D eigenvalue weighted by Crippen LogP contribution is -2.43. The summed E-state index contributed by atoms with van der Waals surface area (Å²) in [6.07, 6.45) is -7.08. The zero-order chi connectivity index (χ0) is 28.0. The molecule has 1 fully saturated rings. The van der Waals surface area contributed by atoms with Crippen LogP contribution in [0.4, 0.5) is 48.5 Å². The summed E-state index contributed by atoms with van der Waals surface area (Å²) >= 11 is 4.07. The molecule has 200 valence electrons. The van der Waals surface area contributed by atoms with E-state index < -0.39 is 41.0 Å². The fraction of sp³-hybridized carbons (Fsp3) is 0.250. The Labute approximate surface area is 217 Å². The van der Waals surface area contributed by atoms with E-state index in [1.165, 1.54) is 31.0 Å². The highest BCUT2D eigenvalue weighted by Crippen LogP contribution is 2.39. The second-order valence-corrected chi connectivity index (χ2v) is 9.36. The van der Waals surface area contributed by atoms with Crippen molar-refractivity contribution in [2.24, 2.45) is 0 Å². The number of anilines is 3. The first-order chi connectivity index (χ1) is 17.6. The number of carbonyl (C=O) groups is 2. The smallest absolute Gasteiger partial charge is 0.325 e. The molecule has 1 saturated heterocycles. The summed E-state index contributed by atoms with van der Waals surface area (Å²) in [6.45, 7) is 2.93. The maximum atomic E-state index is 13.3. The highest BCUT2D eigenvalue weighted by Gasteiger charge is 2.52. The van der Waals surface area contributed by atoms with Crippen LogP contribution in [0.5, 0.6) is 0 Å². The van der Waals surface area contributed by atoms with Crippen LogP contribution in [0.3, 0.4) is 0 Å². The lowest BCUT2D eigenvalue weighted by molar-refractivity contribution is -0.138. The summed E-state index contributed by atoms with van der Waals surface area (Å²) < 4.78 is 77.4.